The maximum absolute atomic E-state index is 12.1. The number of amides is 3. The van der Waals surface area contributed by atoms with Gasteiger partial charge in [0.2, 0.25) is 5.91 Å². The van der Waals surface area contributed by atoms with Crippen molar-refractivity contribution in [1.29, 1.82) is 0 Å². The van der Waals surface area contributed by atoms with E-state index < -0.39 is 11.6 Å². The van der Waals surface area contributed by atoms with Gasteiger partial charge in [0.1, 0.15) is 5.54 Å². The van der Waals surface area contributed by atoms with E-state index in [0.29, 0.717) is 32.2 Å². The van der Waals surface area contributed by atoms with E-state index in [4.69, 9.17) is 16.2 Å². The lowest BCUT2D eigenvalue weighted by molar-refractivity contribution is -0.138. The predicted octanol–water partition coefficient (Wildman–Crippen LogP) is -0.159. The third kappa shape index (κ3) is 2.36. The Kier molecular flexibility index (Phi) is 4.03. The summed E-state index contributed by atoms with van der Waals surface area (Å²) in [5.74, 6) is -0.250. The highest BCUT2D eigenvalue weighted by atomic mass is 16.5. The Morgan fingerprint density at radius 3 is 2.86 bits per heavy atom. The molecule has 2 unspecified atom stereocenters. The first-order chi connectivity index (χ1) is 10.5. The van der Waals surface area contributed by atoms with Gasteiger partial charge in [-0.15, -0.1) is 0 Å². The van der Waals surface area contributed by atoms with E-state index in [0.717, 1.165) is 19.3 Å². The van der Waals surface area contributed by atoms with Gasteiger partial charge < -0.3 is 21.1 Å². The van der Waals surface area contributed by atoms with Gasteiger partial charge >= 0.3 is 6.03 Å². The number of carbonyl (C=O) groups excluding carboxylic acids is 2. The molecule has 123 valence electrons. The van der Waals surface area contributed by atoms with Crippen molar-refractivity contribution < 1.29 is 14.3 Å². The van der Waals surface area contributed by atoms with E-state index in [-0.39, 0.29) is 18.1 Å². The van der Waals surface area contributed by atoms with Crippen LogP contribution in [0.1, 0.15) is 32.6 Å². The molecule has 3 rings (SSSR count). The number of nitrogens with zero attached hydrogens (tertiary/aromatic N) is 2. The molecule has 3 fully saturated rings. The molecular formula is C15H25N4O3. The van der Waals surface area contributed by atoms with Crippen LogP contribution in [-0.4, -0.2) is 65.2 Å². The van der Waals surface area contributed by atoms with Crippen LogP contribution in [0.15, 0.2) is 0 Å². The summed E-state index contributed by atoms with van der Waals surface area (Å²) >= 11 is 0. The highest BCUT2D eigenvalue weighted by Gasteiger charge is 2.55. The number of morpholine rings is 1. The molecule has 0 spiro atoms. The highest BCUT2D eigenvalue weighted by molar-refractivity contribution is 5.85. The van der Waals surface area contributed by atoms with E-state index in [9.17, 15) is 9.59 Å². The topological polar surface area (TPSA) is 102 Å². The summed E-state index contributed by atoms with van der Waals surface area (Å²) < 4.78 is 5.87. The summed E-state index contributed by atoms with van der Waals surface area (Å²) in [4.78, 5) is 27.4. The third-order valence-electron chi connectivity index (χ3n) is 5.54. The first kappa shape index (κ1) is 15.6. The zero-order chi connectivity index (χ0) is 15.9. The van der Waals surface area contributed by atoms with Crippen molar-refractivity contribution in [3.05, 3.63) is 6.42 Å². The standard InChI is InChI=1S/C15H25N4O3/c1-10(12-9-18(14(17)21)7-8-22-12)19-11-3-2-5-15(19,6-4-11)13(16)20/h2,10-12H,3-9H2,1H3,(H2,16,20)(H2,17,21)/t10?,11-,12?,15+/m1/s1. The number of piperidine rings is 1. The van der Waals surface area contributed by atoms with Crippen LogP contribution in [0.2, 0.25) is 0 Å². The fraction of sp³-hybridized carbons (Fsp3) is 0.800. The molecule has 3 aliphatic rings. The molecule has 4 N–H and O–H groups in total. The van der Waals surface area contributed by atoms with E-state index in [1.54, 1.807) is 4.90 Å². The first-order valence-corrected chi connectivity index (χ1v) is 8.02. The number of hydrogen-bond donors (Lipinski definition) is 2. The SMILES string of the molecule is CC(C1CN(C(N)=O)CCO1)N1[C@@H]2C[CH]C[C@@]1(C(N)=O)CC2. The number of rotatable bonds is 3. The van der Waals surface area contributed by atoms with Gasteiger partial charge in [0.25, 0.3) is 0 Å². The molecule has 0 aliphatic carbocycles. The molecule has 3 heterocycles. The average molecular weight is 309 g/mol. The quantitative estimate of drug-likeness (QED) is 0.756. The van der Waals surface area contributed by atoms with Crippen molar-refractivity contribution in [2.45, 2.75) is 56.3 Å². The molecule has 4 atom stereocenters. The normalized spacial score (nSPS) is 37.0. The smallest absolute Gasteiger partial charge is 0.314 e. The van der Waals surface area contributed by atoms with Gasteiger partial charge in [-0.3, -0.25) is 9.69 Å². The molecule has 1 radical (unpaired) electrons. The zero-order valence-corrected chi connectivity index (χ0v) is 13.0. The fourth-order valence-corrected chi connectivity index (χ4v) is 4.40. The largest absolute Gasteiger partial charge is 0.373 e. The second kappa shape index (κ2) is 5.70. The van der Waals surface area contributed by atoms with E-state index >= 15 is 0 Å². The minimum absolute atomic E-state index is 0.0239. The van der Waals surface area contributed by atoms with Crippen LogP contribution < -0.4 is 11.5 Å². The van der Waals surface area contributed by atoms with Crippen molar-refractivity contribution in [2.24, 2.45) is 11.5 Å². The molecule has 22 heavy (non-hydrogen) atoms. The summed E-state index contributed by atoms with van der Waals surface area (Å²) in [6.45, 7) is 3.54. The van der Waals surface area contributed by atoms with Crippen molar-refractivity contribution >= 4 is 11.9 Å². The van der Waals surface area contributed by atoms with E-state index in [1.165, 1.54) is 0 Å². The molecule has 7 heteroatoms. The Balaban J connectivity index is 1.80. The molecule has 0 aromatic carbocycles. The molecule has 2 bridgehead atoms. The molecular weight excluding hydrogens is 284 g/mol. The van der Waals surface area contributed by atoms with Crippen LogP contribution in [0.5, 0.6) is 0 Å². The van der Waals surface area contributed by atoms with Gasteiger partial charge in [0.05, 0.1) is 19.3 Å². The van der Waals surface area contributed by atoms with Gasteiger partial charge in [-0.25, -0.2) is 4.79 Å². The predicted molar refractivity (Wildman–Crippen MR) is 80.7 cm³/mol. The number of fused-ring (bicyclic) bond motifs is 2. The summed E-state index contributed by atoms with van der Waals surface area (Å²) in [5, 5.41) is 0. The number of hydrogen-bond acceptors (Lipinski definition) is 4. The molecule has 3 amide bonds. The number of urea groups is 1. The lowest BCUT2D eigenvalue weighted by Gasteiger charge is -2.49. The van der Waals surface area contributed by atoms with Crippen LogP contribution in [0.3, 0.4) is 0 Å². The van der Waals surface area contributed by atoms with E-state index in [2.05, 4.69) is 18.2 Å². The summed E-state index contributed by atoms with van der Waals surface area (Å²) in [6, 6.07) is -0.0558. The summed E-state index contributed by atoms with van der Waals surface area (Å²) in [6.07, 6.45) is 5.51. The second-order valence-corrected chi connectivity index (χ2v) is 6.66. The fourth-order valence-electron chi connectivity index (χ4n) is 4.40. The number of carbonyl (C=O) groups is 2. The summed E-state index contributed by atoms with van der Waals surface area (Å²) in [5.41, 5.74) is 10.6. The minimum Gasteiger partial charge on any atom is -0.373 e. The first-order valence-electron chi connectivity index (χ1n) is 8.02. The van der Waals surface area contributed by atoms with Crippen LogP contribution in [-0.2, 0) is 9.53 Å². The molecule has 3 aliphatic heterocycles. The molecule has 0 aromatic heterocycles. The summed E-state index contributed by atoms with van der Waals surface area (Å²) in [7, 11) is 0. The molecule has 7 nitrogen and oxygen atoms in total. The third-order valence-corrected chi connectivity index (χ3v) is 5.54. The molecule has 0 saturated carbocycles. The Bertz CT molecular complexity index is 468. The lowest BCUT2D eigenvalue weighted by Crippen LogP contribution is -2.65. The number of ether oxygens (including phenoxy) is 1. The van der Waals surface area contributed by atoms with Crippen molar-refractivity contribution in [3.63, 3.8) is 0 Å². The van der Waals surface area contributed by atoms with Gasteiger partial charge in [-0.1, -0.05) is 0 Å². The molecule has 0 aromatic rings. The molecule has 3 saturated heterocycles. The van der Waals surface area contributed by atoms with Gasteiger partial charge in [-0.05, 0) is 39.0 Å². The Hall–Kier alpha value is -1.34. The van der Waals surface area contributed by atoms with E-state index in [1.807, 2.05) is 0 Å². The number of nitrogens with two attached hydrogens (primary N) is 2. The average Bonchev–Trinajstić information content (AvgIpc) is 2.73. The minimum atomic E-state index is -0.583. The second-order valence-electron chi connectivity index (χ2n) is 6.66. The maximum atomic E-state index is 12.1. The lowest BCUT2D eigenvalue weighted by atomic mass is 9.85. The number of primary amides is 2. The highest BCUT2D eigenvalue weighted by Crippen LogP contribution is 2.45. The van der Waals surface area contributed by atoms with Crippen LogP contribution in [0, 0.1) is 6.42 Å². The van der Waals surface area contributed by atoms with Crippen LogP contribution in [0.25, 0.3) is 0 Å². The Morgan fingerprint density at radius 2 is 2.18 bits per heavy atom. The zero-order valence-electron chi connectivity index (χ0n) is 13.0. The maximum Gasteiger partial charge on any atom is 0.314 e. The van der Waals surface area contributed by atoms with Crippen molar-refractivity contribution in [2.75, 3.05) is 19.7 Å². The van der Waals surface area contributed by atoms with Crippen molar-refractivity contribution in [1.82, 2.24) is 9.80 Å². The van der Waals surface area contributed by atoms with Crippen LogP contribution in [0.4, 0.5) is 4.79 Å². The van der Waals surface area contributed by atoms with Gasteiger partial charge in [0, 0.05) is 18.6 Å². The Morgan fingerprint density at radius 1 is 1.41 bits per heavy atom. The van der Waals surface area contributed by atoms with Gasteiger partial charge in [-0.2, -0.15) is 0 Å². The van der Waals surface area contributed by atoms with Crippen LogP contribution >= 0.6 is 0 Å². The Labute approximate surface area is 130 Å². The monoisotopic (exact) mass is 309 g/mol. The van der Waals surface area contributed by atoms with Crippen molar-refractivity contribution in [3.8, 4) is 0 Å². The van der Waals surface area contributed by atoms with Gasteiger partial charge in [0.15, 0.2) is 0 Å².